The molecule has 0 aliphatic heterocycles. The van der Waals surface area contributed by atoms with Crippen LogP contribution >= 0.6 is 0 Å². The third kappa shape index (κ3) is 8.69. The maximum Gasteiger partial charge on any atom is 0.323 e. The van der Waals surface area contributed by atoms with E-state index in [1.54, 1.807) is 0 Å². The lowest BCUT2D eigenvalue weighted by molar-refractivity contribution is -0.140. The molecule has 0 fully saturated rings. The molecule has 114 valence electrons. The van der Waals surface area contributed by atoms with Crippen LogP contribution in [0.25, 0.3) is 0 Å². The van der Waals surface area contributed by atoms with Gasteiger partial charge in [0.05, 0.1) is 13.2 Å². The number of methoxy groups -OCH3 is 1. The molecule has 0 aromatic carbocycles. The van der Waals surface area contributed by atoms with Crippen molar-refractivity contribution in [3.8, 4) is 0 Å². The number of carboxylic acids is 2. The van der Waals surface area contributed by atoms with Crippen LogP contribution in [0.2, 0.25) is 0 Å². The van der Waals surface area contributed by atoms with Gasteiger partial charge < -0.3 is 30.5 Å². The molecule has 4 N–H and O–H groups in total. The average molecular weight is 291 g/mol. The van der Waals surface area contributed by atoms with Gasteiger partial charge in [0.1, 0.15) is 13.1 Å². The molecular formula is C10H17N3O7. The lowest BCUT2D eigenvalue weighted by atomic mass is 10.4. The van der Waals surface area contributed by atoms with E-state index in [2.05, 4.69) is 10.6 Å². The van der Waals surface area contributed by atoms with Crippen LogP contribution in [0.1, 0.15) is 0 Å². The molecule has 3 amide bonds. The van der Waals surface area contributed by atoms with E-state index in [-0.39, 0.29) is 6.54 Å². The van der Waals surface area contributed by atoms with E-state index >= 15 is 0 Å². The Morgan fingerprint density at radius 3 is 2.05 bits per heavy atom. The van der Waals surface area contributed by atoms with Gasteiger partial charge >= 0.3 is 18.0 Å². The number of rotatable bonds is 9. The number of aliphatic carboxylic acids is 2. The lowest BCUT2D eigenvalue weighted by Crippen LogP contribution is -2.48. The van der Waals surface area contributed by atoms with Gasteiger partial charge in [0.25, 0.3) is 0 Å². The van der Waals surface area contributed by atoms with Gasteiger partial charge in [-0.15, -0.1) is 0 Å². The molecule has 0 heterocycles. The molecule has 10 heteroatoms. The van der Waals surface area contributed by atoms with Gasteiger partial charge in [0.15, 0.2) is 0 Å². The van der Waals surface area contributed by atoms with Crippen molar-refractivity contribution in [2.45, 2.75) is 0 Å². The van der Waals surface area contributed by atoms with Gasteiger partial charge in [0, 0.05) is 13.7 Å². The Labute approximate surface area is 114 Å². The minimum Gasteiger partial charge on any atom is -0.480 e. The summed E-state index contributed by atoms with van der Waals surface area (Å²) >= 11 is 0. The molecule has 0 saturated heterocycles. The Kier molecular flexibility index (Phi) is 8.43. The Morgan fingerprint density at radius 1 is 1.05 bits per heavy atom. The van der Waals surface area contributed by atoms with Gasteiger partial charge in [-0.25, -0.2) is 4.79 Å². The highest BCUT2D eigenvalue weighted by Crippen LogP contribution is 1.90. The summed E-state index contributed by atoms with van der Waals surface area (Å²) in [6, 6.07) is -0.948. The summed E-state index contributed by atoms with van der Waals surface area (Å²) in [6.07, 6.45) is 0. The molecule has 0 bridgehead atoms. The van der Waals surface area contributed by atoms with Crippen molar-refractivity contribution >= 4 is 23.9 Å². The number of ether oxygens (including phenoxy) is 1. The Morgan fingerprint density at radius 2 is 1.60 bits per heavy atom. The molecule has 0 unspecified atom stereocenters. The molecule has 20 heavy (non-hydrogen) atoms. The summed E-state index contributed by atoms with van der Waals surface area (Å²) in [5.41, 5.74) is 0. The van der Waals surface area contributed by atoms with Crippen molar-refractivity contribution in [3.63, 3.8) is 0 Å². The van der Waals surface area contributed by atoms with Crippen molar-refractivity contribution < 1.29 is 34.1 Å². The van der Waals surface area contributed by atoms with Crippen LogP contribution in [0.5, 0.6) is 0 Å². The topological polar surface area (TPSA) is 145 Å². The fraction of sp³-hybridized carbons (Fsp3) is 0.600. The standard InChI is InChI=1S/C10H17N3O7/c1-20-3-2-11-7(14)4-12-10(19)13(5-8(15)16)6-9(17)18/h2-6H2,1H3,(H,11,14)(H,12,19)(H,15,16)(H,17,18). The highest BCUT2D eigenvalue weighted by Gasteiger charge is 2.19. The molecule has 10 nitrogen and oxygen atoms in total. The molecular weight excluding hydrogens is 274 g/mol. The molecule has 0 spiro atoms. The monoisotopic (exact) mass is 291 g/mol. The van der Waals surface area contributed by atoms with Crippen LogP contribution in [0.3, 0.4) is 0 Å². The third-order valence-electron chi connectivity index (χ3n) is 1.97. The first-order chi connectivity index (χ1) is 9.36. The average Bonchev–Trinajstić information content (AvgIpc) is 2.34. The number of urea groups is 1. The van der Waals surface area contributed by atoms with Crippen molar-refractivity contribution in [3.05, 3.63) is 0 Å². The Balaban J connectivity index is 4.21. The van der Waals surface area contributed by atoms with Crippen molar-refractivity contribution in [2.75, 3.05) is 39.9 Å². The summed E-state index contributed by atoms with van der Waals surface area (Å²) in [5.74, 6) is -3.21. The number of carboxylic acid groups (broad SMARTS) is 2. The van der Waals surface area contributed by atoms with E-state index in [1.807, 2.05) is 0 Å². The predicted molar refractivity (Wildman–Crippen MR) is 65.1 cm³/mol. The second-order valence-corrected chi connectivity index (χ2v) is 3.64. The normalized spacial score (nSPS) is 9.65. The fourth-order valence-electron chi connectivity index (χ4n) is 1.15. The quantitative estimate of drug-likeness (QED) is 0.357. The molecule has 0 aromatic rings. The van der Waals surface area contributed by atoms with E-state index in [0.29, 0.717) is 11.5 Å². The molecule has 0 atom stereocenters. The summed E-state index contributed by atoms with van der Waals surface area (Å²) in [6.45, 7) is -1.37. The zero-order valence-electron chi connectivity index (χ0n) is 10.9. The number of carbonyl (C=O) groups is 4. The van der Waals surface area contributed by atoms with Crippen molar-refractivity contribution in [1.29, 1.82) is 0 Å². The highest BCUT2D eigenvalue weighted by molar-refractivity contribution is 5.87. The lowest BCUT2D eigenvalue weighted by Gasteiger charge is -2.18. The van der Waals surface area contributed by atoms with Crippen LogP contribution in [0.4, 0.5) is 4.79 Å². The van der Waals surface area contributed by atoms with E-state index in [9.17, 15) is 19.2 Å². The zero-order valence-corrected chi connectivity index (χ0v) is 10.9. The molecule has 0 rings (SSSR count). The second-order valence-electron chi connectivity index (χ2n) is 3.64. The van der Waals surface area contributed by atoms with Gasteiger partial charge in [-0.3, -0.25) is 14.4 Å². The van der Waals surface area contributed by atoms with Gasteiger partial charge in [-0.1, -0.05) is 0 Å². The van der Waals surface area contributed by atoms with Gasteiger partial charge in [-0.05, 0) is 0 Å². The largest absolute Gasteiger partial charge is 0.480 e. The molecule has 0 aliphatic rings. The molecule has 0 aromatic heterocycles. The first-order valence-electron chi connectivity index (χ1n) is 5.58. The summed E-state index contributed by atoms with van der Waals surface area (Å²) in [4.78, 5) is 44.4. The van der Waals surface area contributed by atoms with Gasteiger partial charge in [-0.2, -0.15) is 0 Å². The second kappa shape index (κ2) is 9.55. The maximum absolute atomic E-state index is 11.5. The van der Waals surface area contributed by atoms with E-state index < -0.39 is 43.5 Å². The first kappa shape index (κ1) is 17.6. The predicted octanol–water partition coefficient (Wildman–Crippen LogP) is -2.07. The summed E-state index contributed by atoms with van der Waals surface area (Å²) < 4.78 is 4.70. The zero-order chi connectivity index (χ0) is 15.5. The third-order valence-corrected chi connectivity index (χ3v) is 1.97. The van der Waals surface area contributed by atoms with Crippen molar-refractivity contribution in [1.82, 2.24) is 15.5 Å². The first-order valence-corrected chi connectivity index (χ1v) is 5.58. The Hall–Kier alpha value is -2.36. The highest BCUT2D eigenvalue weighted by atomic mass is 16.5. The fourth-order valence-corrected chi connectivity index (χ4v) is 1.15. The number of nitrogens with one attached hydrogen (secondary N) is 2. The van der Waals surface area contributed by atoms with Crippen molar-refractivity contribution in [2.24, 2.45) is 0 Å². The summed E-state index contributed by atoms with van der Waals surface area (Å²) in [5, 5.41) is 21.7. The van der Waals surface area contributed by atoms with Crippen LogP contribution in [-0.4, -0.2) is 78.9 Å². The number of nitrogens with zero attached hydrogens (tertiary/aromatic N) is 1. The number of hydrogen-bond acceptors (Lipinski definition) is 5. The summed E-state index contributed by atoms with van der Waals surface area (Å²) in [7, 11) is 1.46. The van der Waals surface area contributed by atoms with Crippen LogP contribution in [0, 0.1) is 0 Å². The minimum atomic E-state index is -1.36. The van der Waals surface area contributed by atoms with E-state index in [0.717, 1.165) is 0 Å². The van der Waals surface area contributed by atoms with Gasteiger partial charge in [0.2, 0.25) is 5.91 Å². The van der Waals surface area contributed by atoms with Crippen LogP contribution in [0.15, 0.2) is 0 Å². The SMILES string of the molecule is COCCNC(=O)CNC(=O)N(CC(=O)O)CC(=O)O. The van der Waals surface area contributed by atoms with E-state index in [1.165, 1.54) is 7.11 Å². The molecule has 0 saturated carbocycles. The molecule has 0 aliphatic carbocycles. The molecule has 0 radical (unpaired) electrons. The Bertz CT molecular complexity index is 356. The minimum absolute atomic E-state index is 0.263. The number of amides is 3. The van der Waals surface area contributed by atoms with Crippen LogP contribution < -0.4 is 10.6 Å². The maximum atomic E-state index is 11.5. The van der Waals surface area contributed by atoms with E-state index in [4.69, 9.17) is 14.9 Å². The number of hydrogen-bond donors (Lipinski definition) is 4. The smallest absolute Gasteiger partial charge is 0.323 e. The van der Waals surface area contributed by atoms with Crippen LogP contribution in [-0.2, 0) is 19.1 Å². The number of carbonyl (C=O) groups excluding carboxylic acids is 2.